The Balaban J connectivity index is 1.98. The second kappa shape index (κ2) is 5.55. The molecule has 0 saturated heterocycles. The summed E-state index contributed by atoms with van der Waals surface area (Å²) in [5.41, 5.74) is 6.85. The van der Waals surface area contributed by atoms with E-state index in [2.05, 4.69) is 0 Å². The van der Waals surface area contributed by atoms with E-state index in [9.17, 15) is 4.39 Å². The molecule has 1 aromatic rings. The minimum absolute atomic E-state index is 0.0513. The van der Waals surface area contributed by atoms with Gasteiger partial charge in [-0.25, -0.2) is 4.39 Å². The van der Waals surface area contributed by atoms with Crippen molar-refractivity contribution < 1.29 is 9.13 Å². The number of halogens is 2. The molecule has 2 rings (SSSR count). The van der Waals surface area contributed by atoms with Gasteiger partial charge in [0.25, 0.3) is 0 Å². The van der Waals surface area contributed by atoms with Gasteiger partial charge >= 0.3 is 0 Å². The molecule has 0 aliphatic heterocycles. The molecular weight excluding hydrogens is 253 g/mol. The maximum atomic E-state index is 13.3. The summed E-state index contributed by atoms with van der Waals surface area (Å²) in [6.45, 7) is 0. The smallest absolute Gasteiger partial charge is 0.142 e. The second-order valence-electron chi connectivity index (χ2n) is 5.12. The largest absolute Gasteiger partial charge is 0.378 e. The summed E-state index contributed by atoms with van der Waals surface area (Å²) in [4.78, 5) is 0. The molecule has 0 amide bonds. The molecule has 0 radical (unpaired) electrons. The average Bonchev–Trinajstić information content (AvgIpc) is 2.30. The fourth-order valence-corrected chi connectivity index (χ4v) is 2.80. The Kier molecular flexibility index (Phi) is 4.25. The quantitative estimate of drug-likeness (QED) is 0.892. The Bertz CT molecular complexity index is 415. The fraction of sp³-hybridized carbons (Fsp3) is 0.571. The number of rotatable bonds is 5. The molecule has 1 aliphatic carbocycles. The first-order chi connectivity index (χ1) is 8.56. The van der Waals surface area contributed by atoms with Crippen molar-refractivity contribution in [1.29, 1.82) is 0 Å². The van der Waals surface area contributed by atoms with Gasteiger partial charge in [0.05, 0.1) is 10.6 Å². The van der Waals surface area contributed by atoms with Crippen LogP contribution in [0, 0.1) is 5.82 Å². The van der Waals surface area contributed by atoms with E-state index in [4.69, 9.17) is 22.1 Å². The van der Waals surface area contributed by atoms with Crippen LogP contribution in [0.2, 0.25) is 5.02 Å². The molecule has 1 aromatic carbocycles. The van der Waals surface area contributed by atoms with Gasteiger partial charge in [0.15, 0.2) is 0 Å². The standard InChI is InChI=1S/C14H19ClFNO/c1-18-14(6-3-7-14)9-11(17)8-10-4-2-5-12(16)13(10)15/h2,4-5,11H,3,6-9,17H2,1H3. The first-order valence-corrected chi connectivity index (χ1v) is 6.68. The van der Waals surface area contributed by atoms with Gasteiger partial charge in [0.1, 0.15) is 5.82 Å². The predicted molar refractivity (Wildman–Crippen MR) is 71.3 cm³/mol. The molecule has 1 atom stereocenters. The third-order valence-electron chi connectivity index (χ3n) is 3.85. The zero-order valence-electron chi connectivity index (χ0n) is 10.6. The summed E-state index contributed by atoms with van der Waals surface area (Å²) in [7, 11) is 1.74. The van der Waals surface area contributed by atoms with E-state index in [0.29, 0.717) is 6.42 Å². The Morgan fingerprint density at radius 1 is 1.50 bits per heavy atom. The molecule has 1 aliphatic rings. The van der Waals surface area contributed by atoms with Gasteiger partial charge in [0.2, 0.25) is 0 Å². The van der Waals surface area contributed by atoms with Gasteiger partial charge < -0.3 is 10.5 Å². The lowest BCUT2D eigenvalue weighted by Gasteiger charge is -2.42. The molecule has 2 nitrogen and oxygen atoms in total. The molecule has 0 aromatic heterocycles. The van der Waals surface area contributed by atoms with Crippen LogP contribution in [0.5, 0.6) is 0 Å². The highest BCUT2D eigenvalue weighted by molar-refractivity contribution is 6.31. The SMILES string of the molecule is COC1(CC(N)Cc2cccc(F)c2Cl)CCC1. The molecule has 4 heteroatoms. The highest BCUT2D eigenvalue weighted by Crippen LogP contribution is 2.39. The number of hydrogen-bond acceptors (Lipinski definition) is 2. The normalized spacial score (nSPS) is 19.3. The van der Waals surface area contributed by atoms with E-state index in [0.717, 1.165) is 24.8 Å². The summed E-state index contributed by atoms with van der Waals surface area (Å²) in [5, 5.41) is 0.188. The van der Waals surface area contributed by atoms with Crippen molar-refractivity contribution in [2.75, 3.05) is 7.11 Å². The summed E-state index contributed by atoms with van der Waals surface area (Å²) >= 11 is 5.93. The number of nitrogens with two attached hydrogens (primary N) is 1. The van der Waals surface area contributed by atoms with Crippen LogP contribution in [0.15, 0.2) is 18.2 Å². The van der Waals surface area contributed by atoms with Crippen LogP contribution in [-0.4, -0.2) is 18.8 Å². The summed E-state index contributed by atoms with van der Waals surface area (Å²) in [6, 6.07) is 4.80. The van der Waals surface area contributed by atoms with E-state index in [1.54, 1.807) is 13.2 Å². The lowest BCUT2D eigenvalue weighted by Crippen LogP contribution is -2.45. The van der Waals surface area contributed by atoms with E-state index in [1.807, 2.05) is 6.07 Å². The van der Waals surface area contributed by atoms with Gasteiger partial charge in [-0.05, 0) is 43.7 Å². The van der Waals surface area contributed by atoms with Gasteiger partial charge in [-0.15, -0.1) is 0 Å². The van der Waals surface area contributed by atoms with Crippen LogP contribution in [0.1, 0.15) is 31.2 Å². The van der Waals surface area contributed by atoms with Crippen molar-refractivity contribution in [2.45, 2.75) is 43.7 Å². The maximum Gasteiger partial charge on any atom is 0.142 e. The van der Waals surface area contributed by atoms with E-state index >= 15 is 0 Å². The van der Waals surface area contributed by atoms with Gasteiger partial charge in [0, 0.05) is 13.2 Å². The van der Waals surface area contributed by atoms with Crippen LogP contribution in [0.4, 0.5) is 4.39 Å². The average molecular weight is 272 g/mol. The van der Waals surface area contributed by atoms with Crippen LogP contribution in [0.25, 0.3) is 0 Å². The summed E-state index contributed by atoms with van der Waals surface area (Å²) in [5.74, 6) is -0.383. The highest BCUT2D eigenvalue weighted by Gasteiger charge is 2.38. The first kappa shape index (κ1) is 13.8. The minimum atomic E-state index is -0.383. The first-order valence-electron chi connectivity index (χ1n) is 6.30. The van der Waals surface area contributed by atoms with Crippen LogP contribution in [-0.2, 0) is 11.2 Å². The van der Waals surface area contributed by atoms with Crippen molar-refractivity contribution in [3.05, 3.63) is 34.6 Å². The van der Waals surface area contributed by atoms with Crippen molar-refractivity contribution in [3.8, 4) is 0 Å². The van der Waals surface area contributed by atoms with Crippen molar-refractivity contribution >= 4 is 11.6 Å². The summed E-state index contributed by atoms with van der Waals surface area (Å²) < 4.78 is 18.9. The monoisotopic (exact) mass is 271 g/mol. The number of hydrogen-bond donors (Lipinski definition) is 1. The molecule has 100 valence electrons. The molecule has 2 N–H and O–H groups in total. The minimum Gasteiger partial charge on any atom is -0.378 e. The zero-order valence-corrected chi connectivity index (χ0v) is 11.3. The summed E-state index contributed by atoms with van der Waals surface area (Å²) in [6.07, 6.45) is 4.71. The van der Waals surface area contributed by atoms with E-state index in [1.165, 1.54) is 12.5 Å². The Hall–Kier alpha value is -0.640. The van der Waals surface area contributed by atoms with Crippen molar-refractivity contribution in [3.63, 3.8) is 0 Å². The predicted octanol–water partition coefficient (Wildman–Crippen LogP) is 3.31. The Labute approximate surface area is 112 Å². The van der Waals surface area contributed by atoms with Crippen LogP contribution in [0.3, 0.4) is 0 Å². The maximum absolute atomic E-state index is 13.3. The number of benzene rings is 1. The molecule has 18 heavy (non-hydrogen) atoms. The van der Waals surface area contributed by atoms with Crippen LogP contribution < -0.4 is 5.73 Å². The Morgan fingerprint density at radius 3 is 2.78 bits per heavy atom. The highest BCUT2D eigenvalue weighted by atomic mass is 35.5. The molecular formula is C14H19ClFNO. The fourth-order valence-electron chi connectivity index (χ4n) is 2.60. The number of methoxy groups -OCH3 is 1. The van der Waals surface area contributed by atoms with Gasteiger partial charge in [-0.3, -0.25) is 0 Å². The topological polar surface area (TPSA) is 35.2 Å². The lowest BCUT2D eigenvalue weighted by atomic mass is 9.75. The molecule has 1 unspecified atom stereocenters. The van der Waals surface area contributed by atoms with Crippen LogP contribution >= 0.6 is 11.6 Å². The lowest BCUT2D eigenvalue weighted by molar-refractivity contribution is -0.0813. The van der Waals surface area contributed by atoms with E-state index < -0.39 is 0 Å². The third-order valence-corrected chi connectivity index (χ3v) is 4.27. The second-order valence-corrected chi connectivity index (χ2v) is 5.50. The van der Waals surface area contributed by atoms with E-state index in [-0.39, 0.29) is 22.5 Å². The molecule has 1 fully saturated rings. The molecule has 0 spiro atoms. The molecule has 0 bridgehead atoms. The Morgan fingerprint density at radius 2 is 2.22 bits per heavy atom. The molecule has 0 heterocycles. The van der Waals surface area contributed by atoms with Gasteiger partial charge in [-0.1, -0.05) is 23.7 Å². The molecule has 1 saturated carbocycles. The number of ether oxygens (including phenoxy) is 1. The van der Waals surface area contributed by atoms with Gasteiger partial charge in [-0.2, -0.15) is 0 Å². The van der Waals surface area contributed by atoms with Crippen molar-refractivity contribution in [1.82, 2.24) is 0 Å². The van der Waals surface area contributed by atoms with Crippen molar-refractivity contribution in [2.24, 2.45) is 5.73 Å². The third kappa shape index (κ3) is 2.85. The zero-order chi connectivity index (χ0) is 13.2.